The van der Waals surface area contributed by atoms with E-state index in [1.54, 1.807) is 0 Å². The van der Waals surface area contributed by atoms with E-state index < -0.39 is 32.4 Å². The number of hydrogen-bond acceptors (Lipinski definition) is 1. The minimum absolute atomic E-state index is 0.319. The Bertz CT molecular complexity index is 886. The van der Waals surface area contributed by atoms with Crippen LogP contribution in [0.3, 0.4) is 0 Å². The highest BCUT2D eigenvalue weighted by atomic mass is 28.3. The molecular formula is C32H47F3OSi. The lowest BCUT2D eigenvalue weighted by Crippen LogP contribution is -2.20. The summed E-state index contributed by atoms with van der Waals surface area (Å²) in [7, 11) is -0.538. The van der Waals surface area contributed by atoms with E-state index in [4.69, 9.17) is 4.74 Å². The number of ether oxygens (including phenoxy) is 1. The zero-order valence-electron chi connectivity index (χ0n) is 23.1. The molecule has 1 saturated heterocycles. The van der Waals surface area contributed by atoms with Gasteiger partial charge in [0.05, 0.1) is 0 Å². The number of rotatable bonds is 16. The molecule has 0 radical (unpaired) electrons. The van der Waals surface area contributed by atoms with Gasteiger partial charge in [-0.1, -0.05) is 114 Å². The van der Waals surface area contributed by atoms with E-state index >= 15 is 0 Å². The van der Waals surface area contributed by atoms with E-state index in [2.05, 4.69) is 26.0 Å². The van der Waals surface area contributed by atoms with Crippen molar-refractivity contribution in [2.45, 2.75) is 121 Å². The summed E-state index contributed by atoms with van der Waals surface area (Å²) in [6.07, 6.45) is 12.2. The third-order valence-corrected chi connectivity index (χ3v) is 11.6. The molecule has 1 aliphatic heterocycles. The minimum atomic E-state index is -1.22. The van der Waals surface area contributed by atoms with Crippen molar-refractivity contribution in [3.05, 3.63) is 53.6 Å². The fourth-order valence-corrected chi connectivity index (χ4v) is 9.16. The molecule has 1 nitrogen and oxygen atoms in total. The fraction of sp³-hybridized carbons (Fsp3) is 0.625. The van der Waals surface area contributed by atoms with Crippen LogP contribution in [0.1, 0.15) is 102 Å². The highest BCUT2D eigenvalue weighted by molar-refractivity contribution is 6.59. The van der Waals surface area contributed by atoms with Crippen LogP contribution in [0.5, 0.6) is 5.75 Å². The Labute approximate surface area is 224 Å². The molecular weight excluding hydrogens is 485 g/mol. The second-order valence-corrected chi connectivity index (χ2v) is 14.5. The standard InChI is InChI=1S/C32H47F3OSi/c1-3-5-7-8-9-10-12-29(33)24-36-32-30(34)22-28(23-31(32)35)26-15-13-25(14-16-26)27-17-20-37(21-18-27)19-11-6-4-2/h13-16,22-23,27,29,37H,3-12,17-21,24H2,1-2H3/t27-,29-,37-/m1/s1. The molecule has 0 aliphatic carbocycles. The summed E-state index contributed by atoms with van der Waals surface area (Å²) < 4.78 is 48.8. The molecule has 2 aromatic rings. The summed E-state index contributed by atoms with van der Waals surface area (Å²) in [6.45, 7) is 4.12. The number of unbranched alkanes of at least 4 members (excludes halogenated alkanes) is 7. The second kappa shape index (κ2) is 16.3. The smallest absolute Gasteiger partial charge is 0.190 e. The van der Waals surface area contributed by atoms with Crippen LogP contribution in [0, 0.1) is 11.6 Å². The summed E-state index contributed by atoms with van der Waals surface area (Å²) in [5.41, 5.74) is 2.59. The number of benzene rings is 2. The minimum Gasteiger partial charge on any atom is -0.485 e. The van der Waals surface area contributed by atoms with Crippen molar-refractivity contribution < 1.29 is 17.9 Å². The summed E-state index contributed by atoms with van der Waals surface area (Å²) in [6, 6.07) is 15.1. The molecule has 37 heavy (non-hydrogen) atoms. The van der Waals surface area contributed by atoms with Crippen LogP contribution in [-0.4, -0.2) is 21.6 Å². The molecule has 1 atom stereocenters. The maximum atomic E-state index is 14.7. The summed E-state index contributed by atoms with van der Waals surface area (Å²) in [5.74, 6) is -1.43. The molecule has 3 rings (SSSR count). The van der Waals surface area contributed by atoms with Crippen molar-refractivity contribution in [3.63, 3.8) is 0 Å². The Balaban J connectivity index is 1.49. The quantitative estimate of drug-likeness (QED) is 0.154. The summed E-state index contributed by atoms with van der Waals surface area (Å²) in [4.78, 5) is 0. The SMILES string of the molecule is CCCCCCCC[C@@H](F)COc1c(F)cc(-c2ccc([C@H]3CC[Si@H](CCCCC)CC3)cc2)cc1F. The van der Waals surface area contributed by atoms with Gasteiger partial charge in [0, 0.05) is 8.80 Å². The van der Waals surface area contributed by atoms with Gasteiger partial charge in [-0.3, -0.25) is 0 Å². The first-order valence-electron chi connectivity index (χ1n) is 14.9. The molecule has 0 unspecified atom stereocenters. The molecule has 0 bridgehead atoms. The number of alkyl halides is 1. The van der Waals surface area contributed by atoms with Crippen molar-refractivity contribution >= 4 is 8.80 Å². The van der Waals surface area contributed by atoms with Crippen molar-refractivity contribution in [2.24, 2.45) is 0 Å². The van der Waals surface area contributed by atoms with Crippen LogP contribution >= 0.6 is 0 Å². The normalized spacial score (nSPS) is 18.6. The van der Waals surface area contributed by atoms with Gasteiger partial charge in [0.25, 0.3) is 0 Å². The van der Waals surface area contributed by atoms with Gasteiger partial charge in [0.15, 0.2) is 17.4 Å². The van der Waals surface area contributed by atoms with Crippen molar-refractivity contribution in [3.8, 4) is 16.9 Å². The van der Waals surface area contributed by atoms with E-state index in [1.807, 2.05) is 12.1 Å². The summed E-state index contributed by atoms with van der Waals surface area (Å²) >= 11 is 0. The fourth-order valence-electron chi connectivity index (χ4n) is 5.68. The summed E-state index contributed by atoms with van der Waals surface area (Å²) in [5, 5.41) is 0. The zero-order chi connectivity index (χ0) is 26.5. The van der Waals surface area contributed by atoms with Gasteiger partial charge in [0.1, 0.15) is 12.8 Å². The van der Waals surface area contributed by atoms with E-state index in [1.165, 1.54) is 87.2 Å². The zero-order valence-corrected chi connectivity index (χ0v) is 24.2. The molecule has 1 heterocycles. The molecule has 1 aliphatic rings. The van der Waals surface area contributed by atoms with Gasteiger partial charge in [-0.2, -0.15) is 0 Å². The van der Waals surface area contributed by atoms with E-state index in [0.717, 1.165) is 24.8 Å². The molecule has 0 aromatic heterocycles. The molecule has 0 spiro atoms. The molecule has 206 valence electrons. The van der Waals surface area contributed by atoms with Gasteiger partial charge in [-0.05, 0) is 54.0 Å². The molecule has 2 aromatic carbocycles. The molecule has 0 N–H and O–H groups in total. The maximum Gasteiger partial charge on any atom is 0.190 e. The van der Waals surface area contributed by atoms with E-state index in [-0.39, 0.29) is 6.61 Å². The Kier molecular flexibility index (Phi) is 13.1. The van der Waals surface area contributed by atoms with Gasteiger partial charge < -0.3 is 4.74 Å². The van der Waals surface area contributed by atoms with Gasteiger partial charge in [-0.15, -0.1) is 0 Å². The molecule has 0 amide bonds. The van der Waals surface area contributed by atoms with Crippen molar-refractivity contribution in [2.75, 3.05) is 6.61 Å². The third-order valence-electron chi connectivity index (χ3n) is 8.06. The topological polar surface area (TPSA) is 9.23 Å². The Morgan fingerprint density at radius 1 is 0.811 bits per heavy atom. The second-order valence-electron chi connectivity index (χ2n) is 11.1. The average molecular weight is 533 g/mol. The van der Waals surface area contributed by atoms with Crippen molar-refractivity contribution in [1.82, 2.24) is 0 Å². The molecule has 1 fully saturated rings. The first-order chi connectivity index (χ1) is 18.0. The average Bonchev–Trinajstić information content (AvgIpc) is 2.91. The first kappa shape index (κ1) is 29.8. The van der Waals surface area contributed by atoms with E-state index in [0.29, 0.717) is 17.9 Å². The van der Waals surface area contributed by atoms with Crippen LogP contribution in [0.4, 0.5) is 13.2 Å². The Hall–Kier alpha value is -1.75. The third kappa shape index (κ3) is 9.81. The lowest BCUT2D eigenvalue weighted by molar-refractivity contribution is 0.173. The van der Waals surface area contributed by atoms with Gasteiger partial charge >= 0.3 is 0 Å². The van der Waals surface area contributed by atoms with Gasteiger partial charge in [0.2, 0.25) is 0 Å². The largest absolute Gasteiger partial charge is 0.485 e. The maximum absolute atomic E-state index is 14.7. The lowest BCUT2D eigenvalue weighted by atomic mass is 9.92. The van der Waals surface area contributed by atoms with Gasteiger partial charge in [-0.25, -0.2) is 13.2 Å². The lowest BCUT2D eigenvalue weighted by Gasteiger charge is -2.28. The highest BCUT2D eigenvalue weighted by Gasteiger charge is 2.23. The monoisotopic (exact) mass is 532 g/mol. The first-order valence-corrected chi connectivity index (χ1v) is 17.3. The highest BCUT2D eigenvalue weighted by Crippen LogP contribution is 2.36. The van der Waals surface area contributed by atoms with Crippen LogP contribution in [0.2, 0.25) is 18.1 Å². The molecule has 0 saturated carbocycles. The van der Waals surface area contributed by atoms with Crippen LogP contribution in [-0.2, 0) is 0 Å². The number of hydrogen-bond donors (Lipinski definition) is 0. The van der Waals surface area contributed by atoms with Crippen LogP contribution in [0.25, 0.3) is 11.1 Å². The van der Waals surface area contributed by atoms with Crippen LogP contribution < -0.4 is 4.74 Å². The number of halogens is 3. The molecule has 5 heteroatoms. The van der Waals surface area contributed by atoms with Crippen LogP contribution in [0.15, 0.2) is 36.4 Å². The Morgan fingerprint density at radius 2 is 1.41 bits per heavy atom. The predicted octanol–water partition coefficient (Wildman–Crippen LogP) is 10.4. The Morgan fingerprint density at radius 3 is 2.05 bits per heavy atom. The van der Waals surface area contributed by atoms with E-state index in [9.17, 15) is 13.2 Å². The predicted molar refractivity (Wildman–Crippen MR) is 153 cm³/mol. The van der Waals surface area contributed by atoms with Crippen molar-refractivity contribution in [1.29, 1.82) is 0 Å².